The highest BCUT2D eigenvalue weighted by atomic mass is 79.9. The number of para-hydroxylation sites is 1. The van der Waals surface area contributed by atoms with Crippen LogP contribution >= 0.6 is 27.7 Å². The van der Waals surface area contributed by atoms with Crippen LogP contribution in [0.2, 0.25) is 0 Å². The lowest BCUT2D eigenvalue weighted by atomic mass is 10.0. The molecule has 1 heterocycles. The zero-order valence-corrected chi connectivity index (χ0v) is 13.2. The van der Waals surface area contributed by atoms with Gasteiger partial charge < -0.3 is 4.74 Å². The summed E-state index contributed by atoms with van der Waals surface area (Å²) in [7, 11) is 0. The molecule has 104 valence electrons. The second-order valence-corrected chi connectivity index (χ2v) is 6.75. The summed E-state index contributed by atoms with van der Waals surface area (Å²) in [6.07, 6.45) is 0.865. The van der Waals surface area contributed by atoms with Crippen LogP contribution in [0, 0.1) is 5.82 Å². The Bertz CT molecular complexity index is 617. The van der Waals surface area contributed by atoms with Crippen molar-refractivity contribution in [1.82, 2.24) is 0 Å². The highest BCUT2D eigenvalue weighted by Crippen LogP contribution is 2.44. The van der Waals surface area contributed by atoms with Gasteiger partial charge in [0.2, 0.25) is 0 Å². The molecule has 0 saturated heterocycles. The lowest BCUT2D eigenvalue weighted by Crippen LogP contribution is -2.00. The molecule has 0 aliphatic carbocycles. The quantitative estimate of drug-likeness (QED) is 0.689. The number of hydrogen-bond donors (Lipinski definition) is 0. The van der Waals surface area contributed by atoms with Gasteiger partial charge in [-0.1, -0.05) is 34.1 Å². The van der Waals surface area contributed by atoms with Gasteiger partial charge in [0.15, 0.2) is 0 Å². The second-order valence-electron chi connectivity index (χ2n) is 4.64. The first kappa shape index (κ1) is 14.0. The lowest BCUT2D eigenvalue weighted by Gasteiger charge is -2.15. The average Bonchev–Trinajstić information content (AvgIpc) is 2.61. The SMILES string of the molecule is Fc1ccc2c(c1)C(SCCBr)Cc1ccccc1O2. The van der Waals surface area contributed by atoms with E-state index in [0.717, 1.165) is 34.6 Å². The molecule has 20 heavy (non-hydrogen) atoms. The van der Waals surface area contributed by atoms with Crippen LogP contribution in [0.3, 0.4) is 0 Å². The van der Waals surface area contributed by atoms with Crippen molar-refractivity contribution in [3.05, 3.63) is 59.4 Å². The van der Waals surface area contributed by atoms with E-state index < -0.39 is 0 Å². The number of ether oxygens (including phenoxy) is 1. The van der Waals surface area contributed by atoms with Gasteiger partial charge >= 0.3 is 0 Å². The lowest BCUT2D eigenvalue weighted by molar-refractivity contribution is 0.477. The molecule has 0 fully saturated rings. The van der Waals surface area contributed by atoms with Gasteiger partial charge in [0.1, 0.15) is 17.3 Å². The third-order valence-electron chi connectivity index (χ3n) is 3.31. The van der Waals surface area contributed by atoms with E-state index in [-0.39, 0.29) is 11.1 Å². The third kappa shape index (κ3) is 2.86. The molecule has 1 aliphatic heterocycles. The Morgan fingerprint density at radius 2 is 2.05 bits per heavy atom. The summed E-state index contributed by atoms with van der Waals surface area (Å²) >= 11 is 5.29. The molecule has 3 rings (SSSR count). The summed E-state index contributed by atoms with van der Waals surface area (Å²) in [5, 5.41) is 1.16. The second kappa shape index (κ2) is 6.19. The van der Waals surface area contributed by atoms with Crippen molar-refractivity contribution in [3.63, 3.8) is 0 Å². The Balaban J connectivity index is 2.04. The molecule has 1 unspecified atom stereocenters. The number of halogens is 2. The van der Waals surface area contributed by atoms with Crippen molar-refractivity contribution >= 4 is 27.7 Å². The van der Waals surface area contributed by atoms with Crippen LogP contribution in [-0.2, 0) is 6.42 Å². The van der Waals surface area contributed by atoms with Crippen LogP contribution < -0.4 is 4.74 Å². The van der Waals surface area contributed by atoms with Crippen LogP contribution in [0.1, 0.15) is 16.4 Å². The maximum Gasteiger partial charge on any atom is 0.131 e. The Morgan fingerprint density at radius 3 is 2.90 bits per heavy atom. The number of alkyl halides is 1. The number of fused-ring (bicyclic) bond motifs is 2. The van der Waals surface area contributed by atoms with E-state index in [4.69, 9.17) is 4.74 Å². The minimum Gasteiger partial charge on any atom is -0.457 e. The van der Waals surface area contributed by atoms with E-state index in [1.807, 2.05) is 30.0 Å². The molecule has 0 amide bonds. The van der Waals surface area contributed by atoms with Crippen molar-refractivity contribution in [2.75, 3.05) is 11.1 Å². The fourth-order valence-electron chi connectivity index (χ4n) is 2.40. The van der Waals surface area contributed by atoms with Gasteiger partial charge in [0.25, 0.3) is 0 Å². The first-order valence-electron chi connectivity index (χ1n) is 6.50. The largest absolute Gasteiger partial charge is 0.457 e. The van der Waals surface area contributed by atoms with Crippen LogP contribution in [0.5, 0.6) is 11.5 Å². The molecule has 0 saturated carbocycles. The highest BCUT2D eigenvalue weighted by molar-refractivity contribution is 9.09. The smallest absolute Gasteiger partial charge is 0.131 e. The fourth-order valence-corrected chi connectivity index (χ4v) is 4.00. The summed E-state index contributed by atoms with van der Waals surface area (Å²) in [6.45, 7) is 0. The summed E-state index contributed by atoms with van der Waals surface area (Å²) in [5.41, 5.74) is 2.13. The molecule has 0 aromatic heterocycles. The third-order valence-corrected chi connectivity index (χ3v) is 5.50. The van der Waals surface area contributed by atoms with E-state index in [2.05, 4.69) is 22.0 Å². The molecule has 4 heteroatoms. The van der Waals surface area contributed by atoms with E-state index >= 15 is 0 Å². The first-order valence-corrected chi connectivity index (χ1v) is 8.67. The van der Waals surface area contributed by atoms with Gasteiger partial charge in [-0.25, -0.2) is 4.39 Å². The van der Waals surface area contributed by atoms with Gasteiger partial charge in [0.05, 0.1) is 0 Å². The van der Waals surface area contributed by atoms with Crippen molar-refractivity contribution in [2.45, 2.75) is 11.7 Å². The van der Waals surface area contributed by atoms with Gasteiger partial charge in [-0.2, -0.15) is 11.8 Å². The molecule has 2 aromatic carbocycles. The van der Waals surface area contributed by atoms with Crippen LogP contribution in [-0.4, -0.2) is 11.1 Å². The molecule has 1 atom stereocenters. The van der Waals surface area contributed by atoms with E-state index in [1.54, 1.807) is 12.1 Å². The maximum atomic E-state index is 13.6. The number of benzene rings is 2. The molecule has 1 nitrogen and oxygen atoms in total. The molecule has 0 radical (unpaired) electrons. The summed E-state index contributed by atoms with van der Waals surface area (Å²) in [6, 6.07) is 12.8. The number of rotatable bonds is 3. The summed E-state index contributed by atoms with van der Waals surface area (Å²) < 4.78 is 19.6. The van der Waals surface area contributed by atoms with Crippen molar-refractivity contribution < 1.29 is 9.13 Å². The Hall–Kier alpha value is -1.00. The van der Waals surface area contributed by atoms with Crippen molar-refractivity contribution in [2.24, 2.45) is 0 Å². The highest BCUT2D eigenvalue weighted by Gasteiger charge is 2.24. The zero-order chi connectivity index (χ0) is 13.9. The first-order chi connectivity index (χ1) is 9.78. The van der Waals surface area contributed by atoms with Gasteiger partial charge in [-0.3, -0.25) is 0 Å². The normalized spacial score (nSPS) is 16.8. The minimum absolute atomic E-state index is 0.206. The van der Waals surface area contributed by atoms with E-state index in [9.17, 15) is 4.39 Å². The minimum atomic E-state index is -0.206. The van der Waals surface area contributed by atoms with Crippen molar-refractivity contribution in [1.29, 1.82) is 0 Å². The monoisotopic (exact) mass is 352 g/mol. The van der Waals surface area contributed by atoms with Crippen LogP contribution in [0.4, 0.5) is 4.39 Å². The van der Waals surface area contributed by atoms with Gasteiger partial charge in [-0.15, -0.1) is 0 Å². The molecule has 0 N–H and O–H groups in total. The molecular weight excluding hydrogens is 339 g/mol. The predicted molar refractivity (Wildman–Crippen MR) is 85.6 cm³/mol. The summed E-state index contributed by atoms with van der Waals surface area (Å²) in [5.74, 6) is 2.43. The molecule has 0 bridgehead atoms. The summed E-state index contributed by atoms with van der Waals surface area (Å²) in [4.78, 5) is 0. The van der Waals surface area contributed by atoms with Crippen molar-refractivity contribution in [3.8, 4) is 11.5 Å². The van der Waals surface area contributed by atoms with Crippen LogP contribution in [0.15, 0.2) is 42.5 Å². The molecular formula is C16H14BrFOS. The van der Waals surface area contributed by atoms with Gasteiger partial charge in [0, 0.05) is 21.9 Å². The Kier molecular flexibility index (Phi) is 4.32. The zero-order valence-electron chi connectivity index (χ0n) is 10.8. The molecule has 0 spiro atoms. The van der Waals surface area contributed by atoms with E-state index in [1.165, 1.54) is 11.6 Å². The average molecular weight is 353 g/mol. The topological polar surface area (TPSA) is 9.23 Å². The van der Waals surface area contributed by atoms with E-state index in [0.29, 0.717) is 0 Å². The Morgan fingerprint density at radius 1 is 1.20 bits per heavy atom. The number of thioether (sulfide) groups is 1. The molecule has 1 aliphatic rings. The maximum absolute atomic E-state index is 13.6. The standard InChI is InChI=1S/C16H14BrFOS/c17-7-8-20-16-9-11-3-1-2-4-14(11)19-15-6-5-12(18)10-13(15)16/h1-6,10,16H,7-9H2. The fraction of sp³-hybridized carbons (Fsp3) is 0.250. The van der Waals surface area contributed by atoms with Gasteiger partial charge in [-0.05, 0) is 36.2 Å². The van der Waals surface area contributed by atoms with Crippen LogP contribution in [0.25, 0.3) is 0 Å². The molecule has 2 aromatic rings. The Labute approximate surface area is 130 Å². The predicted octanol–water partition coefficient (Wildman–Crippen LogP) is 5.34. The number of hydrogen-bond acceptors (Lipinski definition) is 2.